The molecule has 2 N–H and O–H groups in total. The molecule has 0 bridgehead atoms. The topological polar surface area (TPSA) is 45.4 Å². The molecular formula is C8H13NO2S. The van der Waals surface area contributed by atoms with Crippen LogP contribution in [0.2, 0.25) is 0 Å². The number of rotatable bonds is 5. The Hall–Kier alpha value is -0.450. The van der Waals surface area contributed by atoms with Crippen LogP contribution in [0.3, 0.4) is 0 Å². The predicted molar refractivity (Wildman–Crippen MR) is 49.9 cm³/mol. The van der Waals surface area contributed by atoms with Gasteiger partial charge < -0.3 is 9.52 Å². The third-order valence-corrected chi connectivity index (χ3v) is 2.10. The molecule has 0 aliphatic heterocycles. The Morgan fingerprint density at radius 2 is 2.58 bits per heavy atom. The second-order valence-electron chi connectivity index (χ2n) is 2.48. The molecule has 1 aromatic rings. The molecule has 1 rings (SSSR count). The van der Waals surface area contributed by atoms with E-state index in [0.29, 0.717) is 0 Å². The summed E-state index contributed by atoms with van der Waals surface area (Å²) in [4.78, 5) is 0. The van der Waals surface area contributed by atoms with Gasteiger partial charge in [0.1, 0.15) is 5.76 Å². The zero-order valence-corrected chi connectivity index (χ0v) is 7.80. The number of hydrogen-bond donors (Lipinski definition) is 2. The summed E-state index contributed by atoms with van der Waals surface area (Å²) in [6.07, 6.45) is 4.30. The molecule has 12 heavy (non-hydrogen) atoms. The van der Waals surface area contributed by atoms with E-state index in [4.69, 9.17) is 9.52 Å². The van der Waals surface area contributed by atoms with E-state index in [9.17, 15) is 0 Å². The van der Waals surface area contributed by atoms with Gasteiger partial charge in [0.05, 0.1) is 12.9 Å². The monoisotopic (exact) mass is 187 g/mol. The van der Waals surface area contributed by atoms with Gasteiger partial charge in [-0.3, -0.25) is 4.72 Å². The lowest BCUT2D eigenvalue weighted by molar-refractivity contribution is 0.253. The van der Waals surface area contributed by atoms with Gasteiger partial charge in [-0.1, -0.05) is 11.9 Å². The highest BCUT2D eigenvalue weighted by Crippen LogP contribution is 2.05. The van der Waals surface area contributed by atoms with Crippen LogP contribution < -0.4 is 4.72 Å². The van der Waals surface area contributed by atoms with Crippen LogP contribution in [0.4, 0.5) is 0 Å². The highest BCUT2D eigenvalue weighted by Gasteiger charge is 2.08. The lowest BCUT2D eigenvalue weighted by atomic mass is 10.2. The standard InChI is InChI=1S/C8H13NO2S/c1-12-9-7(6-10)5-8-3-2-4-11-8/h2-4,7,9-10H,5-6H2,1H3/t7-/m0/s1. The SMILES string of the molecule is CSN[C@H](CO)Cc1ccco1. The summed E-state index contributed by atoms with van der Waals surface area (Å²) in [5, 5.41) is 8.94. The molecule has 3 nitrogen and oxygen atoms in total. The molecule has 0 saturated carbocycles. The van der Waals surface area contributed by atoms with Crippen molar-refractivity contribution in [2.75, 3.05) is 12.9 Å². The lowest BCUT2D eigenvalue weighted by Crippen LogP contribution is -2.28. The van der Waals surface area contributed by atoms with E-state index in [0.717, 1.165) is 12.2 Å². The summed E-state index contributed by atoms with van der Waals surface area (Å²) in [6.45, 7) is 0.127. The van der Waals surface area contributed by atoms with E-state index in [1.54, 1.807) is 6.26 Å². The van der Waals surface area contributed by atoms with E-state index in [2.05, 4.69) is 4.72 Å². The molecule has 0 aliphatic carbocycles. The van der Waals surface area contributed by atoms with Crippen LogP contribution in [0.5, 0.6) is 0 Å². The fraction of sp³-hybridized carbons (Fsp3) is 0.500. The van der Waals surface area contributed by atoms with Crippen molar-refractivity contribution in [1.29, 1.82) is 0 Å². The zero-order chi connectivity index (χ0) is 8.81. The second-order valence-corrected chi connectivity index (χ2v) is 3.13. The maximum Gasteiger partial charge on any atom is 0.105 e. The van der Waals surface area contributed by atoms with Gasteiger partial charge in [-0.05, 0) is 18.4 Å². The van der Waals surface area contributed by atoms with Gasteiger partial charge >= 0.3 is 0 Å². The van der Waals surface area contributed by atoms with E-state index in [1.807, 2.05) is 18.4 Å². The molecule has 4 heteroatoms. The summed E-state index contributed by atoms with van der Waals surface area (Å²) in [5.41, 5.74) is 0. The van der Waals surface area contributed by atoms with E-state index in [-0.39, 0.29) is 12.6 Å². The Balaban J connectivity index is 2.37. The van der Waals surface area contributed by atoms with Crippen molar-refractivity contribution in [2.24, 2.45) is 0 Å². The lowest BCUT2D eigenvalue weighted by Gasteiger charge is -2.11. The van der Waals surface area contributed by atoms with Crippen molar-refractivity contribution in [3.8, 4) is 0 Å². The van der Waals surface area contributed by atoms with Crippen LogP contribution >= 0.6 is 11.9 Å². The van der Waals surface area contributed by atoms with Gasteiger partial charge in [0.15, 0.2) is 0 Å². The molecular weight excluding hydrogens is 174 g/mol. The second kappa shape index (κ2) is 5.24. The van der Waals surface area contributed by atoms with E-state index in [1.165, 1.54) is 11.9 Å². The van der Waals surface area contributed by atoms with Gasteiger partial charge in [-0.2, -0.15) is 0 Å². The highest BCUT2D eigenvalue weighted by atomic mass is 32.2. The molecule has 68 valence electrons. The third-order valence-electron chi connectivity index (χ3n) is 1.53. The number of hydrogen-bond acceptors (Lipinski definition) is 4. The zero-order valence-electron chi connectivity index (χ0n) is 6.99. The Morgan fingerprint density at radius 3 is 3.08 bits per heavy atom. The summed E-state index contributed by atoms with van der Waals surface area (Å²) < 4.78 is 8.23. The first kappa shape index (κ1) is 9.64. The molecule has 1 atom stereocenters. The van der Waals surface area contributed by atoms with Crippen LogP contribution in [-0.4, -0.2) is 24.0 Å². The third kappa shape index (κ3) is 2.89. The molecule has 0 amide bonds. The molecule has 0 unspecified atom stereocenters. The van der Waals surface area contributed by atoms with Crippen molar-refractivity contribution in [3.05, 3.63) is 24.2 Å². The van der Waals surface area contributed by atoms with Crippen LogP contribution in [0, 0.1) is 0 Å². The molecule has 0 fully saturated rings. The van der Waals surface area contributed by atoms with Gasteiger partial charge in [0.25, 0.3) is 0 Å². The first-order valence-corrected chi connectivity index (χ1v) is 5.01. The van der Waals surface area contributed by atoms with Crippen molar-refractivity contribution < 1.29 is 9.52 Å². The molecule has 0 aliphatic rings. The first-order valence-electron chi connectivity index (χ1n) is 3.78. The van der Waals surface area contributed by atoms with E-state index < -0.39 is 0 Å². The predicted octanol–water partition coefficient (Wildman–Crippen LogP) is 1.05. The molecule has 0 spiro atoms. The number of nitrogens with one attached hydrogen (secondary N) is 1. The molecule has 0 radical (unpaired) electrons. The fourth-order valence-corrected chi connectivity index (χ4v) is 1.47. The Bertz CT molecular complexity index is 201. The van der Waals surface area contributed by atoms with Crippen LogP contribution in [0.1, 0.15) is 5.76 Å². The summed E-state index contributed by atoms with van der Waals surface area (Å²) in [5.74, 6) is 0.899. The van der Waals surface area contributed by atoms with Gasteiger partial charge in [0, 0.05) is 12.5 Å². The molecule has 1 heterocycles. The average molecular weight is 187 g/mol. The normalized spacial score (nSPS) is 13.2. The Morgan fingerprint density at radius 1 is 1.75 bits per heavy atom. The summed E-state index contributed by atoms with van der Waals surface area (Å²) in [7, 11) is 0. The van der Waals surface area contributed by atoms with Crippen molar-refractivity contribution in [3.63, 3.8) is 0 Å². The van der Waals surface area contributed by atoms with Crippen molar-refractivity contribution in [1.82, 2.24) is 4.72 Å². The maximum absolute atomic E-state index is 8.94. The number of aliphatic hydroxyl groups is 1. The molecule has 1 aromatic heterocycles. The van der Waals surface area contributed by atoms with Gasteiger partial charge in [-0.15, -0.1) is 0 Å². The summed E-state index contributed by atoms with van der Waals surface area (Å²) >= 11 is 1.50. The van der Waals surface area contributed by atoms with Crippen LogP contribution in [0.15, 0.2) is 22.8 Å². The maximum atomic E-state index is 8.94. The number of aliphatic hydroxyl groups excluding tert-OH is 1. The molecule has 0 aromatic carbocycles. The molecule has 0 saturated heterocycles. The smallest absolute Gasteiger partial charge is 0.105 e. The van der Waals surface area contributed by atoms with Crippen LogP contribution in [-0.2, 0) is 6.42 Å². The minimum Gasteiger partial charge on any atom is -0.469 e. The summed E-state index contributed by atoms with van der Waals surface area (Å²) in [6, 6.07) is 3.83. The van der Waals surface area contributed by atoms with Gasteiger partial charge in [0.2, 0.25) is 0 Å². The van der Waals surface area contributed by atoms with E-state index >= 15 is 0 Å². The largest absolute Gasteiger partial charge is 0.469 e. The number of furan rings is 1. The fourth-order valence-electron chi connectivity index (χ4n) is 0.982. The quantitative estimate of drug-likeness (QED) is 0.676. The Labute approximate surface area is 76.3 Å². The van der Waals surface area contributed by atoms with Crippen molar-refractivity contribution >= 4 is 11.9 Å². The minimum atomic E-state index is 0.0751. The first-order chi connectivity index (χ1) is 5.86. The highest BCUT2D eigenvalue weighted by molar-refractivity contribution is 7.96. The Kier molecular flexibility index (Phi) is 4.21. The van der Waals surface area contributed by atoms with Crippen molar-refractivity contribution in [2.45, 2.75) is 12.5 Å². The van der Waals surface area contributed by atoms with Gasteiger partial charge in [-0.25, -0.2) is 0 Å². The minimum absolute atomic E-state index is 0.0751. The average Bonchev–Trinajstić information content (AvgIpc) is 2.56. The van der Waals surface area contributed by atoms with Crippen LogP contribution in [0.25, 0.3) is 0 Å².